The molecule has 0 bridgehead atoms. The lowest BCUT2D eigenvalue weighted by Gasteiger charge is -2.12. The first kappa shape index (κ1) is 14.1. The quantitative estimate of drug-likeness (QED) is 0.322. The van der Waals surface area contributed by atoms with Gasteiger partial charge >= 0.3 is 0 Å². The molecule has 4 N–H and O–H groups in total. The molecule has 1 amide bonds. The van der Waals surface area contributed by atoms with Crippen molar-refractivity contribution in [3.8, 4) is 5.75 Å². The zero-order valence-corrected chi connectivity index (χ0v) is 10.5. The predicted octanol–water partition coefficient (Wildman–Crippen LogP) is 0.970. The Morgan fingerprint density at radius 2 is 2.17 bits per heavy atom. The van der Waals surface area contributed by atoms with Crippen molar-refractivity contribution in [3.05, 3.63) is 29.3 Å². The first-order chi connectivity index (χ1) is 8.52. The Kier molecular flexibility index (Phi) is 5.26. The van der Waals surface area contributed by atoms with Gasteiger partial charge in [-0.1, -0.05) is 16.8 Å². The molecule has 1 aromatic rings. The summed E-state index contributed by atoms with van der Waals surface area (Å²) >= 11 is 5.71. The zero-order valence-electron chi connectivity index (χ0n) is 9.76. The van der Waals surface area contributed by atoms with E-state index in [-0.39, 0.29) is 18.3 Å². The predicted molar refractivity (Wildman–Crippen MR) is 68.0 cm³/mol. The molecule has 7 heteroatoms. The lowest BCUT2D eigenvalue weighted by Crippen LogP contribution is -2.44. The van der Waals surface area contributed by atoms with Gasteiger partial charge in [-0.2, -0.15) is 0 Å². The van der Waals surface area contributed by atoms with Gasteiger partial charge in [-0.05, 0) is 31.2 Å². The van der Waals surface area contributed by atoms with E-state index in [9.17, 15) is 4.79 Å². The van der Waals surface area contributed by atoms with Crippen LogP contribution in [0.3, 0.4) is 0 Å². The van der Waals surface area contributed by atoms with E-state index >= 15 is 0 Å². The fourth-order valence-corrected chi connectivity index (χ4v) is 1.25. The molecule has 0 aliphatic carbocycles. The molecule has 98 valence electrons. The number of carbonyl (C=O) groups excluding carboxylic acids is 1. The number of oxime groups is 1. The normalized spacial score (nSPS) is 12.9. The molecular formula is C11H14ClN3O3. The van der Waals surface area contributed by atoms with Crippen LogP contribution in [0.2, 0.25) is 5.02 Å². The highest BCUT2D eigenvalue weighted by Crippen LogP contribution is 2.15. The Labute approximate surface area is 109 Å². The summed E-state index contributed by atoms with van der Waals surface area (Å²) in [5.41, 5.74) is 5.32. The van der Waals surface area contributed by atoms with Crippen molar-refractivity contribution in [3.63, 3.8) is 0 Å². The second-order valence-corrected chi connectivity index (χ2v) is 3.99. The van der Waals surface area contributed by atoms with E-state index in [0.717, 1.165) is 0 Å². The Balaban J connectivity index is 2.40. The highest BCUT2D eigenvalue weighted by Gasteiger charge is 2.11. The minimum Gasteiger partial charge on any atom is -0.484 e. The maximum atomic E-state index is 11.5. The van der Waals surface area contributed by atoms with Crippen LogP contribution in [0, 0.1) is 0 Å². The monoisotopic (exact) mass is 271 g/mol. The van der Waals surface area contributed by atoms with E-state index in [1.807, 2.05) is 0 Å². The number of hydrogen-bond acceptors (Lipinski definition) is 4. The van der Waals surface area contributed by atoms with Gasteiger partial charge in [-0.15, -0.1) is 0 Å². The van der Waals surface area contributed by atoms with Crippen molar-refractivity contribution in [2.75, 3.05) is 6.61 Å². The number of carbonyl (C=O) groups is 1. The Hall–Kier alpha value is -1.95. The number of nitrogens with one attached hydrogen (secondary N) is 1. The number of rotatable bonds is 5. The summed E-state index contributed by atoms with van der Waals surface area (Å²) in [6.07, 6.45) is 0. The molecule has 18 heavy (non-hydrogen) atoms. The third kappa shape index (κ3) is 4.50. The summed E-state index contributed by atoms with van der Waals surface area (Å²) in [7, 11) is 0. The molecule has 0 saturated carbocycles. The van der Waals surface area contributed by atoms with Gasteiger partial charge in [0.05, 0.1) is 6.04 Å². The highest BCUT2D eigenvalue weighted by atomic mass is 35.5. The van der Waals surface area contributed by atoms with Crippen molar-refractivity contribution in [1.29, 1.82) is 0 Å². The molecule has 0 radical (unpaired) electrons. The Morgan fingerprint density at radius 1 is 1.56 bits per heavy atom. The van der Waals surface area contributed by atoms with Crippen LogP contribution in [-0.2, 0) is 4.79 Å². The number of nitrogens with two attached hydrogens (primary N) is 1. The third-order valence-corrected chi connectivity index (χ3v) is 2.37. The topological polar surface area (TPSA) is 96.9 Å². The van der Waals surface area contributed by atoms with Crippen molar-refractivity contribution in [2.24, 2.45) is 10.9 Å². The first-order valence-electron chi connectivity index (χ1n) is 5.18. The molecular weight excluding hydrogens is 258 g/mol. The standard InChI is InChI=1S/C11H14ClN3O3/c1-7(11(13)15-17)14-10(16)6-18-9-4-2-8(12)3-5-9/h2-5,7,17H,6H2,1H3,(H2,13,15)(H,14,16). The smallest absolute Gasteiger partial charge is 0.258 e. The van der Waals surface area contributed by atoms with Gasteiger partial charge in [0.25, 0.3) is 5.91 Å². The lowest BCUT2D eigenvalue weighted by molar-refractivity contribution is -0.123. The molecule has 0 spiro atoms. The fourth-order valence-electron chi connectivity index (χ4n) is 1.12. The maximum Gasteiger partial charge on any atom is 0.258 e. The van der Waals surface area contributed by atoms with E-state index in [0.29, 0.717) is 10.8 Å². The van der Waals surface area contributed by atoms with Crippen LogP contribution in [-0.4, -0.2) is 29.6 Å². The van der Waals surface area contributed by atoms with Gasteiger partial charge in [0.1, 0.15) is 5.75 Å². The average Bonchev–Trinajstić information content (AvgIpc) is 2.37. The van der Waals surface area contributed by atoms with E-state index in [1.54, 1.807) is 31.2 Å². The first-order valence-corrected chi connectivity index (χ1v) is 5.56. The minimum atomic E-state index is -0.559. The van der Waals surface area contributed by atoms with Gasteiger partial charge in [0.15, 0.2) is 12.4 Å². The van der Waals surface area contributed by atoms with E-state index in [2.05, 4.69) is 10.5 Å². The molecule has 1 unspecified atom stereocenters. The van der Waals surface area contributed by atoms with Crippen LogP contribution in [0.5, 0.6) is 5.75 Å². The summed E-state index contributed by atoms with van der Waals surface area (Å²) in [5.74, 6) is 0.0879. The van der Waals surface area contributed by atoms with E-state index in [1.165, 1.54) is 0 Å². The summed E-state index contributed by atoms with van der Waals surface area (Å²) in [6, 6.07) is 6.07. The zero-order chi connectivity index (χ0) is 13.5. The van der Waals surface area contributed by atoms with Crippen molar-refractivity contribution < 1.29 is 14.7 Å². The van der Waals surface area contributed by atoms with Crippen LogP contribution in [0.15, 0.2) is 29.4 Å². The molecule has 6 nitrogen and oxygen atoms in total. The van der Waals surface area contributed by atoms with Crippen LogP contribution >= 0.6 is 11.6 Å². The maximum absolute atomic E-state index is 11.5. The van der Waals surface area contributed by atoms with Crippen molar-refractivity contribution >= 4 is 23.3 Å². The molecule has 0 aliphatic heterocycles. The lowest BCUT2D eigenvalue weighted by atomic mass is 10.3. The van der Waals surface area contributed by atoms with E-state index in [4.69, 9.17) is 27.3 Å². The summed E-state index contributed by atoms with van der Waals surface area (Å²) in [5, 5.41) is 14.3. The van der Waals surface area contributed by atoms with Crippen LogP contribution in [0.25, 0.3) is 0 Å². The van der Waals surface area contributed by atoms with Crippen LogP contribution in [0.1, 0.15) is 6.92 Å². The number of ether oxygens (including phenoxy) is 1. The Bertz CT molecular complexity index is 434. The average molecular weight is 272 g/mol. The number of amidine groups is 1. The number of benzene rings is 1. The molecule has 0 aliphatic rings. The van der Waals surface area contributed by atoms with Gasteiger partial charge in [0.2, 0.25) is 0 Å². The number of amides is 1. The molecule has 1 aromatic carbocycles. The molecule has 1 rings (SSSR count). The molecule has 0 aromatic heterocycles. The second-order valence-electron chi connectivity index (χ2n) is 3.56. The van der Waals surface area contributed by atoms with Crippen LogP contribution < -0.4 is 15.8 Å². The van der Waals surface area contributed by atoms with E-state index < -0.39 is 6.04 Å². The van der Waals surface area contributed by atoms with Gasteiger partial charge in [-0.25, -0.2) is 0 Å². The SMILES string of the molecule is CC(NC(=O)COc1ccc(Cl)cc1)/C(N)=N/O. The molecule has 0 fully saturated rings. The summed E-state index contributed by atoms with van der Waals surface area (Å²) in [4.78, 5) is 11.5. The number of halogens is 1. The van der Waals surface area contributed by atoms with Crippen molar-refractivity contribution in [1.82, 2.24) is 5.32 Å². The minimum absolute atomic E-state index is 0.0742. The molecule has 1 atom stereocenters. The summed E-state index contributed by atoms with van der Waals surface area (Å²) in [6.45, 7) is 1.43. The largest absolute Gasteiger partial charge is 0.484 e. The van der Waals surface area contributed by atoms with Gasteiger partial charge in [-0.3, -0.25) is 4.79 Å². The third-order valence-electron chi connectivity index (χ3n) is 2.12. The molecule has 0 saturated heterocycles. The Morgan fingerprint density at radius 3 is 2.72 bits per heavy atom. The number of nitrogens with zero attached hydrogens (tertiary/aromatic N) is 1. The molecule has 0 heterocycles. The number of hydrogen-bond donors (Lipinski definition) is 3. The summed E-state index contributed by atoms with van der Waals surface area (Å²) < 4.78 is 5.22. The van der Waals surface area contributed by atoms with Gasteiger partial charge < -0.3 is 21.0 Å². The van der Waals surface area contributed by atoms with Gasteiger partial charge in [0, 0.05) is 5.02 Å². The van der Waals surface area contributed by atoms with Crippen molar-refractivity contribution in [2.45, 2.75) is 13.0 Å². The van der Waals surface area contributed by atoms with Crippen LogP contribution in [0.4, 0.5) is 0 Å². The fraction of sp³-hybridized carbons (Fsp3) is 0.273. The second kappa shape index (κ2) is 6.70. The highest BCUT2D eigenvalue weighted by molar-refractivity contribution is 6.30.